The number of nitrogens with one attached hydrogen (secondary N) is 2. The van der Waals surface area contributed by atoms with Crippen LogP contribution in [0.5, 0.6) is 0 Å². The summed E-state index contributed by atoms with van der Waals surface area (Å²) in [4.78, 5) is 29.3. The number of hydrazone groups is 1. The van der Waals surface area contributed by atoms with E-state index in [1.54, 1.807) is 31.5 Å². The first-order chi connectivity index (χ1) is 17.3. The van der Waals surface area contributed by atoms with Crippen LogP contribution in [-0.4, -0.2) is 66.9 Å². The summed E-state index contributed by atoms with van der Waals surface area (Å²) in [5, 5.41) is 18.9. The molecule has 3 N–H and O–H groups in total. The zero-order chi connectivity index (χ0) is 25.4. The van der Waals surface area contributed by atoms with E-state index in [9.17, 15) is 18.3 Å². The number of nitrogens with zero attached hydrogens (tertiary/aromatic N) is 7. The molecule has 3 aromatic rings. The van der Waals surface area contributed by atoms with Gasteiger partial charge < -0.3 is 20.3 Å². The number of anilines is 2. The number of aliphatic hydroxyl groups is 1. The highest BCUT2D eigenvalue weighted by molar-refractivity contribution is 7.90. The van der Waals surface area contributed by atoms with E-state index in [0.717, 1.165) is 9.93 Å². The zero-order valence-electron chi connectivity index (χ0n) is 19.5. The van der Waals surface area contributed by atoms with E-state index in [1.807, 2.05) is 4.57 Å². The second kappa shape index (κ2) is 9.28. The molecular formula is C22H25N9O4S. The molecular weight excluding hydrogens is 486 g/mol. The third kappa shape index (κ3) is 4.52. The van der Waals surface area contributed by atoms with Gasteiger partial charge >= 0.3 is 0 Å². The van der Waals surface area contributed by atoms with Crippen LogP contribution < -0.4 is 10.6 Å². The number of amides is 1. The minimum atomic E-state index is -3.58. The lowest BCUT2D eigenvalue weighted by atomic mass is 10.2. The topological polar surface area (TPSA) is 168 Å². The van der Waals surface area contributed by atoms with Crippen LogP contribution in [0.25, 0.3) is 16.6 Å². The molecule has 1 saturated carbocycles. The van der Waals surface area contributed by atoms with E-state index in [2.05, 4.69) is 42.4 Å². The van der Waals surface area contributed by atoms with E-state index < -0.39 is 15.3 Å². The Morgan fingerprint density at radius 2 is 2.17 bits per heavy atom. The van der Waals surface area contributed by atoms with Crippen LogP contribution in [0.1, 0.15) is 43.9 Å². The quantitative estimate of drug-likeness (QED) is 0.283. The maximum atomic E-state index is 12.5. The molecule has 5 rings (SSSR count). The average Bonchev–Trinajstić information content (AvgIpc) is 3.56. The van der Waals surface area contributed by atoms with Gasteiger partial charge in [0.15, 0.2) is 5.82 Å². The summed E-state index contributed by atoms with van der Waals surface area (Å²) < 4.78 is 27.8. The summed E-state index contributed by atoms with van der Waals surface area (Å²) in [5.41, 5.74) is 1.81. The first-order valence-corrected chi connectivity index (χ1v) is 12.8. The van der Waals surface area contributed by atoms with E-state index >= 15 is 0 Å². The number of carbonyl (C=O) groups is 1. The predicted octanol–water partition coefficient (Wildman–Crippen LogP) is 1.29. The Hall–Kier alpha value is -3.91. The Labute approximate surface area is 207 Å². The highest BCUT2D eigenvalue weighted by atomic mass is 32.2. The number of hydrogen-bond donors (Lipinski definition) is 3. The summed E-state index contributed by atoms with van der Waals surface area (Å²) in [6, 6.07) is 3.27. The van der Waals surface area contributed by atoms with Crippen molar-refractivity contribution < 1.29 is 18.3 Å². The lowest BCUT2D eigenvalue weighted by Gasteiger charge is -2.15. The predicted molar refractivity (Wildman–Crippen MR) is 132 cm³/mol. The summed E-state index contributed by atoms with van der Waals surface area (Å²) in [6.07, 6.45) is 6.02. The fourth-order valence-electron chi connectivity index (χ4n) is 4.09. The number of imidazole rings is 1. The number of pyridine rings is 1. The molecule has 0 radical (unpaired) electrons. The fourth-order valence-corrected chi connectivity index (χ4v) is 5.60. The lowest BCUT2D eigenvalue weighted by Crippen LogP contribution is -2.24. The monoisotopic (exact) mass is 511 g/mol. The van der Waals surface area contributed by atoms with Crippen LogP contribution in [0.2, 0.25) is 0 Å². The van der Waals surface area contributed by atoms with Gasteiger partial charge in [0.2, 0.25) is 5.91 Å². The number of hydrogen-bond acceptors (Lipinski definition) is 10. The van der Waals surface area contributed by atoms with Gasteiger partial charge in [-0.15, -0.1) is 0 Å². The Bertz CT molecular complexity index is 1480. The van der Waals surface area contributed by atoms with Gasteiger partial charge in [-0.3, -0.25) is 4.79 Å². The molecule has 1 amide bonds. The van der Waals surface area contributed by atoms with Gasteiger partial charge in [0, 0.05) is 43.7 Å². The van der Waals surface area contributed by atoms with E-state index in [4.69, 9.17) is 0 Å². The molecule has 2 fully saturated rings. The van der Waals surface area contributed by atoms with Crippen molar-refractivity contribution in [3.63, 3.8) is 0 Å². The van der Waals surface area contributed by atoms with Gasteiger partial charge in [0.1, 0.15) is 29.6 Å². The SMILES string of the molecule is C=NN(/C=C(\C)c1nccc(Nc2cc3c(cn2)nc(CO)n3C2CNC(=O)C2)n1)S(=O)(=O)C1CC1. The van der Waals surface area contributed by atoms with Crippen LogP contribution in [0.3, 0.4) is 0 Å². The van der Waals surface area contributed by atoms with Crippen molar-refractivity contribution in [1.82, 2.24) is 34.2 Å². The molecule has 1 saturated heterocycles. The third-order valence-electron chi connectivity index (χ3n) is 6.03. The van der Waals surface area contributed by atoms with E-state index in [0.29, 0.717) is 60.2 Å². The van der Waals surface area contributed by atoms with E-state index in [-0.39, 0.29) is 18.6 Å². The third-order valence-corrected chi connectivity index (χ3v) is 8.08. The molecule has 188 valence electrons. The molecule has 14 heteroatoms. The maximum Gasteiger partial charge on any atom is 0.256 e. The van der Waals surface area contributed by atoms with Crippen LogP contribution in [0, 0.1) is 0 Å². The molecule has 1 aliphatic heterocycles. The van der Waals surface area contributed by atoms with Crippen LogP contribution in [0.15, 0.2) is 35.8 Å². The Balaban J connectivity index is 1.42. The molecule has 2 aliphatic rings. The van der Waals surface area contributed by atoms with Crippen molar-refractivity contribution >= 4 is 50.9 Å². The summed E-state index contributed by atoms with van der Waals surface area (Å²) in [7, 11) is -3.58. The molecule has 13 nitrogen and oxygen atoms in total. The Morgan fingerprint density at radius 3 is 2.83 bits per heavy atom. The number of fused-ring (bicyclic) bond motifs is 1. The number of aromatic nitrogens is 5. The van der Waals surface area contributed by atoms with Crippen LogP contribution >= 0.6 is 0 Å². The number of sulfonamides is 1. The highest BCUT2D eigenvalue weighted by Crippen LogP contribution is 2.32. The standard InChI is InChI=1S/C22H25N9O4S/c1-13(11-30(23-2)36(34,35)15-3-4-15)22-24-6-5-18(29-22)28-19-8-17-16(10-25-19)27-20(12-32)31(17)14-7-21(33)26-9-14/h5-6,8,10-11,14-15,32H,2-4,7,9,12H2,1H3,(H,26,33)(H,24,25,28,29)/b13-11+. The van der Waals surface area contributed by atoms with Crippen molar-refractivity contribution in [2.24, 2.45) is 5.10 Å². The molecule has 4 heterocycles. The number of allylic oxidation sites excluding steroid dienone is 1. The minimum Gasteiger partial charge on any atom is -0.388 e. The zero-order valence-corrected chi connectivity index (χ0v) is 20.3. The van der Waals surface area contributed by atoms with Crippen molar-refractivity contribution in [2.45, 2.75) is 44.1 Å². The summed E-state index contributed by atoms with van der Waals surface area (Å²) in [5.74, 6) is 1.63. The molecule has 1 atom stereocenters. The molecule has 1 aliphatic carbocycles. The average molecular weight is 512 g/mol. The van der Waals surface area contributed by atoms with E-state index in [1.165, 1.54) is 6.20 Å². The normalized spacial score (nSPS) is 18.3. The minimum absolute atomic E-state index is 0.0507. The van der Waals surface area contributed by atoms with Gasteiger partial charge in [0.05, 0.1) is 23.0 Å². The van der Waals surface area contributed by atoms with Crippen molar-refractivity contribution in [2.75, 3.05) is 11.9 Å². The smallest absolute Gasteiger partial charge is 0.256 e. The van der Waals surface area contributed by atoms with Crippen LogP contribution in [0.4, 0.5) is 11.6 Å². The second-order valence-corrected chi connectivity index (χ2v) is 10.7. The number of aliphatic hydroxyl groups excluding tert-OH is 1. The highest BCUT2D eigenvalue weighted by Gasteiger charge is 2.39. The molecule has 0 spiro atoms. The summed E-state index contributed by atoms with van der Waals surface area (Å²) >= 11 is 0. The lowest BCUT2D eigenvalue weighted by molar-refractivity contribution is -0.119. The molecule has 36 heavy (non-hydrogen) atoms. The van der Waals surface area contributed by atoms with Gasteiger partial charge in [-0.2, -0.15) is 9.52 Å². The summed E-state index contributed by atoms with van der Waals surface area (Å²) in [6.45, 7) is 5.25. The molecule has 0 bridgehead atoms. The van der Waals surface area contributed by atoms with Gasteiger partial charge in [0.25, 0.3) is 10.0 Å². The van der Waals surface area contributed by atoms with Crippen molar-refractivity contribution in [3.8, 4) is 0 Å². The molecule has 3 aromatic heterocycles. The van der Waals surface area contributed by atoms with Gasteiger partial charge in [-0.1, -0.05) is 0 Å². The molecule has 1 unspecified atom stereocenters. The Morgan fingerprint density at radius 1 is 1.36 bits per heavy atom. The van der Waals surface area contributed by atoms with Gasteiger partial charge in [-0.05, 0) is 25.8 Å². The Kier molecular flexibility index (Phi) is 6.14. The van der Waals surface area contributed by atoms with Gasteiger partial charge in [-0.25, -0.2) is 28.4 Å². The first kappa shape index (κ1) is 23.8. The maximum absolute atomic E-state index is 12.5. The number of rotatable bonds is 9. The molecule has 0 aromatic carbocycles. The second-order valence-electron chi connectivity index (χ2n) is 8.64. The fraction of sp³-hybridized carbons (Fsp3) is 0.364. The first-order valence-electron chi connectivity index (χ1n) is 11.3. The van der Waals surface area contributed by atoms with Crippen molar-refractivity contribution in [3.05, 3.63) is 42.4 Å². The number of carbonyl (C=O) groups excluding carboxylic acids is 1. The largest absolute Gasteiger partial charge is 0.388 e. The van der Waals surface area contributed by atoms with Crippen LogP contribution in [-0.2, 0) is 21.4 Å². The van der Waals surface area contributed by atoms with Crippen molar-refractivity contribution in [1.29, 1.82) is 0 Å².